The lowest BCUT2D eigenvalue weighted by atomic mass is 9.77. The molecule has 0 bridgehead atoms. The number of aromatic amines is 1. The molecule has 1 amide bonds. The van der Waals surface area contributed by atoms with Crippen molar-refractivity contribution in [3.05, 3.63) is 46.0 Å². The average molecular weight is 358 g/mol. The van der Waals surface area contributed by atoms with E-state index in [1.165, 1.54) is 12.1 Å². The largest absolute Gasteiger partial charge is 0.350 e. The van der Waals surface area contributed by atoms with Crippen molar-refractivity contribution in [2.75, 3.05) is 19.6 Å². The van der Waals surface area contributed by atoms with Gasteiger partial charge in [-0.25, -0.2) is 4.39 Å². The predicted octanol–water partition coefficient (Wildman–Crippen LogP) is 1.02. The zero-order chi connectivity index (χ0) is 18.1. The summed E-state index contributed by atoms with van der Waals surface area (Å²) in [6, 6.07) is 5.75. The van der Waals surface area contributed by atoms with Crippen molar-refractivity contribution in [3.63, 3.8) is 0 Å². The van der Waals surface area contributed by atoms with E-state index in [0.717, 1.165) is 44.3 Å². The molecular weight excluding hydrogens is 335 g/mol. The molecular formula is C19H23FN4O2. The van der Waals surface area contributed by atoms with Crippen LogP contribution in [0.1, 0.15) is 24.8 Å². The van der Waals surface area contributed by atoms with Crippen LogP contribution in [0.5, 0.6) is 0 Å². The second kappa shape index (κ2) is 6.81. The quantitative estimate of drug-likeness (QED) is 0.660. The minimum Gasteiger partial charge on any atom is -0.350 e. The standard InChI is InChI=1S/C19H23FN4O2/c20-14-2-1-12-7-13(17(25)24-15(12)8-14)10-22-18(26)16-9-19(11-23-16)3-5-21-6-4-19/h1-2,7-8,16,21,23H,3-6,9-11H2,(H,22,26)(H,24,25)/t16-/m1/s1. The van der Waals surface area contributed by atoms with E-state index < -0.39 is 5.82 Å². The second-order valence-electron chi connectivity index (χ2n) is 7.46. The van der Waals surface area contributed by atoms with Gasteiger partial charge in [-0.15, -0.1) is 0 Å². The molecule has 0 saturated carbocycles. The molecule has 2 saturated heterocycles. The Morgan fingerprint density at radius 2 is 2.08 bits per heavy atom. The van der Waals surface area contributed by atoms with Gasteiger partial charge >= 0.3 is 0 Å². The number of halogens is 1. The topological polar surface area (TPSA) is 86.0 Å². The Bertz CT molecular complexity index is 889. The van der Waals surface area contributed by atoms with Gasteiger partial charge in [-0.1, -0.05) is 0 Å². The number of H-pyrrole nitrogens is 1. The molecule has 138 valence electrons. The summed E-state index contributed by atoms with van der Waals surface area (Å²) >= 11 is 0. The smallest absolute Gasteiger partial charge is 0.253 e. The molecule has 1 spiro atoms. The maximum Gasteiger partial charge on any atom is 0.253 e. The first kappa shape index (κ1) is 17.2. The van der Waals surface area contributed by atoms with Crippen LogP contribution >= 0.6 is 0 Å². The van der Waals surface area contributed by atoms with Crippen LogP contribution in [0.15, 0.2) is 29.1 Å². The number of piperidine rings is 1. The van der Waals surface area contributed by atoms with Gasteiger partial charge in [0.2, 0.25) is 5.91 Å². The van der Waals surface area contributed by atoms with Crippen LogP contribution in [-0.2, 0) is 11.3 Å². The molecule has 4 N–H and O–H groups in total. The van der Waals surface area contributed by atoms with E-state index in [0.29, 0.717) is 11.1 Å². The molecule has 3 heterocycles. The average Bonchev–Trinajstić information content (AvgIpc) is 3.04. The highest BCUT2D eigenvalue weighted by molar-refractivity contribution is 5.82. The number of hydrogen-bond acceptors (Lipinski definition) is 4. The van der Waals surface area contributed by atoms with Crippen molar-refractivity contribution in [2.45, 2.75) is 31.8 Å². The van der Waals surface area contributed by atoms with Crippen molar-refractivity contribution in [2.24, 2.45) is 5.41 Å². The van der Waals surface area contributed by atoms with Gasteiger partial charge in [-0.2, -0.15) is 0 Å². The Labute approximate surface area is 150 Å². The lowest BCUT2D eigenvalue weighted by molar-refractivity contribution is -0.123. The van der Waals surface area contributed by atoms with E-state index >= 15 is 0 Å². The van der Waals surface area contributed by atoms with Crippen molar-refractivity contribution in [1.29, 1.82) is 0 Å². The zero-order valence-corrected chi connectivity index (χ0v) is 14.5. The number of nitrogens with one attached hydrogen (secondary N) is 4. The Kier molecular flexibility index (Phi) is 4.50. The minimum atomic E-state index is -0.395. The SMILES string of the molecule is O=C(NCc1cc2ccc(F)cc2[nH]c1=O)[C@H]1CC2(CCNCC2)CN1. The highest BCUT2D eigenvalue weighted by atomic mass is 19.1. The molecule has 1 aromatic carbocycles. The second-order valence-corrected chi connectivity index (χ2v) is 7.46. The van der Waals surface area contributed by atoms with Gasteiger partial charge < -0.3 is 20.9 Å². The van der Waals surface area contributed by atoms with Crippen molar-refractivity contribution in [3.8, 4) is 0 Å². The molecule has 0 aliphatic carbocycles. The maximum atomic E-state index is 13.3. The van der Waals surface area contributed by atoms with Crippen molar-refractivity contribution >= 4 is 16.8 Å². The minimum absolute atomic E-state index is 0.0704. The lowest BCUT2D eigenvalue weighted by Crippen LogP contribution is -2.40. The summed E-state index contributed by atoms with van der Waals surface area (Å²) < 4.78 is 13.3. The fraction of sp³-hybridized carbons (Fsp3) is 0.474. The third-order valence-electron chi connectivity index (χ3n) is 5.68. The molecule has 26 heavy (non-hydrogen) atoms. The lowest BCUT2D eigenvalue weighted by Gasteiger charge is -2.33. The van der Waals surface area contributed by atoms with Gasteiger partial charge in [-0.3, -0.25) is 9.59 Å². The molecule has 4 rings (SSSR count). The van der Waals surface area contributed by atoms with Gasteiger partial charge in [-0.05, 0) is 67.4 Å². The summed E-state index contributed by atoms with van der Waals surface area (Å²) in [7, 11) is 0. The Balaban J connectivity index is 1.42. The summed E-state index contributed by atoms with van der Waals surface area (Å²) in [5, 5.41) is 10.3. The monoisotopic (exact) mass is 358 g/mol. The van der Waals surface area contributed by atoms with Gasteiger partial charge in [0.15, 0.2) is 0 Å². The van der Waals surface area contributed by atoms with Gasteiger partial charge in [0.05, 0.1) is 11.6 Å². The maximum absolute atomic E-state index is 13.3. The molecule has 2 aliphatic heterocycles. The van der Waals surface area contributed by atoms with Gasteiger partial charge in [0.25, 0.3) is 5.56 Å². The number of rotatable bonds is 3. The van der Waals surface area contributed by atoms with Crippen molar-refractivity contribution in [1.82, 2.24) is 20.9 Å². The first-order valence-electron chi connectivity index (χ1n) is 9.08. The molecule has 0 unspecified atom stereocenters. The summed E-state index contributed by atoms with van der Waals surface area (Å²) in [4.78, 5) is 27.4. The fourth-order valence-corrected chi connectivity index (χ4v) is 4.10. The molecule has 1 atom stereocenters. The third kappa shape index (κ3) is 3.37. The highest BCUT2D eigenvalue weighted by Gasteiger charge is 2.41. The van der Waals surface area contributed by atoms with Gasteiger partial charge in [0, 0.05) is 18.7 Å². The van der Waals surface area contributed by atoms with Crippen molar-refractivity contribution < 1.29 is 9.18 Å². The molecule has 2 fully saturated rings. The van der Waals surface area contributed by atoms with E-state index in [1.807, 2.05) is 0 Å². The Hall–Kier alpha value is -2.25. The molecule has 0 radical (unpaired) electrons. The molecule has 1 aromatic heterocycles. The van der Waals surface area contributed by atoms with Crippen LogP contribution in [0.3, 0.4) is 0 Å². The predicted molar refractivity (Wildman–Crippen MR) is 97.3 cm³/mol. The number of hydrogen-bond donors (Lipinski definition) is 4. The number of carbonyl (C=O) groups excluding carboxylic acids is 1. The summed E-state index contributed by atoms with van der Waals surface area (Å²) in [5.41, 5.74) is 0.831. The molecule has 7 heteroatoms. The van der Waals surface area contributed by atoms with Crippen LogP contribution in [0.2, 0.25) is 0 Å². The number of pyridine rings is 1. The Morgan fingerprint density at radius 3 is 2.88 bits per heavy atom. The normalized spacial score (nSPS) is 22.0. The first-order chi connectivity index (χ1) is 12.5. The van der Waals surface area contributed by atoms with Crippen LogP contribution in [0, 0.1) is 11.2 Å². The number of aromatic nitrogens is 1. The van der Waals surface area contributed by atoms with Crippen LogP contribution < -0.4 is 21.5 Å². The Morgan fingerprint density at radius 1 is 1.27 bits per heavy atom. The number of benzene rings is 1. The number of carbonyl (C=O) groups is 1. The summed E-state index contributed by atoms with van der Waals surface area (Å²) in [6.07, 6.45) is 3.02. The first-order valence-corrected chi connectivity index (χ1v) is 9.08. The van der Waals surface area contributed by atoms with E-state index in [4.69, 9.17) is 0 Å². The summed E-state index contributed by atoms with van der Waals surface area (Å²) in [6.45, 7) is 3.04. The van der Waals surface area contributed by atoms with Gasteiger partial charge in [0.1, 0.15) is 5.82 Å². The van der Waals surface area contributed by atoms with Crippen LogP contribution in [-0.4, -0.2) is 36.6 Å². The summed E-state index contributed by atoms with van der Waals surface area (Å²) in [5.74, 6) is -0.465. The molecule has 6 nitrogen and oxygen atoms in total. The highest BCUT2D eigenvalue weighted by Crippen LogP contribution is 2.37. The van der Waals surface area contributed by atoms with E-state index in [-0.39, 0.29) is 29.5 Å². The number of amides is 1. The zero-order valence-electron chi connectivity index (χ0n) is 14.5. The van der Waals surface area contributed by atoms with Crippen LogP contribution in [0.25, 0.3) is 10.9 Å². The van der Waals surface area contributed by atoms with Crippen LogP contribution in [0.4, 0.5) is 4.39 Å². The van der Waals surface area contributed by atoms with E-state index in [1.54, 1.807) is 12.1 Å². The third-order valence-corrected chi connectivity index (χ3v) is 5.68. The molecule has 2 aromatic rings. The van der Waals surface area contributed by atoms with E-state index in [2.05, 4.69) is 20.9 Å². The molecule has 2 aliphatic rings. The fourth-order valence-electron chi connectivity index (χ4n) is 4.10. The number of fused-ring (bicyclic) bond motifs is 1. The van der Waals surface area contributed by atoms with E-state index in [9.17, 15) is 14.0 Å².